The van der Waals surface area contributed by atoms with Crippen molar-refractivity contribution in [2.75, 3.05) is 32.9 Å². The summed E-state index contributed by atoms with van der Waals surface area (Å²) in [7, 11) is 0. The largest absolute Gasteiger partial charge is 0.394 e. The minimum Gasteiger partial charge on any atom is -0.394 e. The van der Waals surface area contributed by atoms with Crippen LogP contribution in [0.2, 0.25) is 0 Å². The number of amidine groups is 1. The van der Waals surface area contributed by atoms with Crippen molar-refractivity contribution in [3.63, 3.8) is 0 Å². The zero-order chi connectivity index (χ0) is 35.1. The average Bonchev–Trinajstić information content (AvgIpc) is 3.02. The number of primary amides is 1. The molecule has 47 heavy (non-hydrogen) atoms. The summed E-state index contributed by atoms with van der Waals surface area (Å²) >= 11 is 0. The Kier molecular flexibility index (Phi) is 15.4. The standard InChI is InChI=1S/C25H44N14O8/c26-3-1-2-11(27)4-18(41)31-7-14-21(43)36-15(8-33-25(30)47)22(44)39-19(13-5-17(29)35-10-34-13)24(46)32-6-12(28)20(42)38-16(9-40)23(45)37-14/h8,11-14,16,19,34,40H,1-7,9-10,26-28H2,(H2,29,35)(H,31,41)(H,32,46)(H,36,43)(H,37,45)(H,38,42)(H,39,44)(H3,30,33,47)/b15-8+/t11-,12-,13?,14-,16-,19+/m0/s1. The minimum absolute atomic E-state index is 0.00824. The number of urea groups is 1. The second kappa shape index (κ2) is 18.9. The molecule has 2 heterocycles. The second-order valence-electron chi connectivity index (χ2n) is 10.7. The summed E-state index contributed by atoms with van der Waals surface area (Å²) in [6.45, 7) is -1.55. The summed E-state index contributed by atoms with van der Waals surface area (Å²) in [5.41, 5.74) is 27.6. The molecule has 22 nitrogen and oxygen atoms in total. The second-order valence-corrected chi connectivity index (χ2v) is 10.7. The molecule has 8 amide bonds. The Morgan fingerprint density at radius 3 is 2.38 bits per heavy atom. The van der Waals surface area contributed by atoms with Gasteiger partial charge in [0.1, 0.15) is 29.9 Å². The summed E-state index contributed by atoms with van der Waals surface area (Å²) < 4.78 is 0. The van der Waals surface area contributed by atoms with Gasteiger partial charge in [-0.25, -0.2) is 4.79 Å². The molecule has 2 aliphatic rings. The maximum atomic E-state index is 13.5. The van der Waals surface area contributed by atoms with E-state index < -0.39 is 103 Å². The van der Waals surface area contributed by atoms with E-state index in [1.54, 1.807) is 0 Å². The number of aliphatic imine (C=N–C) groups is 1. The van der Waals surface area contributed by atoms with Gasteiger partial charge in [0.15, 0.2) is 0 Å². The van der Waals surface area contributed by atoms with Gasteiger partial charge in [0.25, 0.3) is 5.91 Å². The van der Waals surface area contributed by atoms with Crippen LogP contribution in [0.5, 0.6) is 0 Å². The van der Waals surface area contributed by atoms with Crippen LogP contribution in [0.1, 0.15) is 25.7 Å². The van der Waals surface area contributed by atoms with Gasteiger partial charge in [-0.05, 0) is 19.4 Å². The van der Waals surface area contributed by atoms with Gasteiger partial charge in [-0.1, -0.05) is 0 Å². The van der Waals surface area contributed by atoms with Crippen molar-refractivity contribution in [1.29, 1.82) is 0 Å². The third kappa shape index (κ3) is 12.8. The lowest BCUT2D eigenvalue weighted by Gasteiger charge is -2.31. The van der Waals surface area contributed by atoms with E-state index >= 15 is 0 Å². The van der Waals surface area contributed by atoms with Gasteiger partial charge in [0.2, 0.25) is 29.5 Å². The summed E-state index contributed by atoms with van der Waals surface area (Å²) in [5, 5.41) is 28.8. The summed E-state index contributed by atoms with van der Waals surface area (Å²) in [4.78, 5) is 93.9. The third-order valence-corrected chi connectivity index (χ3v) is 6.91. The Morgan fingerprint density at radius 1 is 1.04 bits per heavy atom. The zero-order valence-electron chi connectivity index (χ0n) is 25.5. The van der Waals surface area contributed by atoms with E-state index in [1.165, 1.54) is 0 Å². The molecule has 2 rings (SSSR count). The molecule has 0 saturated carbocycles. The first-order valence-corrected chi connectivity index (χ1v) is 14.6. The van der Waals surface area contributed by atoms with Crippen LogP contribution in [0.3, 0.4) is 0 Å². The van der Waals surface area contributed by atoms with Gasteiger partial charge in [-0.2, -0.15) is 0 Å². The van der Waals surface area contributed by atoms with Crippen LogP contribution in [0.25, 0.3) is 0 Å². The number of nitrogens with zero attached hydrogens (tertiary/aromatic N) is 1. The topological polar surface area (TPSA) is 378 Å². The molecule has 2 aliphatic heterocycles. The van der Waals surface area contributed by atoms with E-state index in [0.29, 0.717) is 19.4 Å². The SMILES string of the molecule is NCCC[C@H](N)CC(=O)NC[C@@H]1NC(=O)[C@H](CO)NC(=O)[C@@H](N)CNC(=O)[C@@H](C2CC(N)=NCN2)NC(=O)/C(=C\NC(N)=O)NC1=O. The number of carbonyl (C=O) groups is 7. The first-order valence-electron chi connectivity index (χ1n) is 14.6. The number of nitrogens with two attached hydrogens (primary N) is 5. The van der Waals surface area contributed by atoms with Crippen LogP contribution in [0.15, 0.2) is 16.9 Å². The molecule has 1 fully saturated rings. The first-order chi connectivity index (χ1) is 22.2. The molecule has 0 aromatic heterocycles. The number of carbonyl (C=O) groups excluding carboxylic acids is 7. The predicted octanol–water partition coefficient (Wildman–Crippen LogP) is -8.23. The summed E-state index contributed by atoms with van der Waals surface area (Å²) in [6, 6.07) is -8.54. The summed E-state index contributed by atoms with van der Waals surface area (Å²) in [5.74, 6) is -5.43. The molecule has 19 N–H and O–H groups in total. The molecule has 0 radical (unpaired) electrons. The fraction of sp³-hybridized carbons (Fsp3) is 0.600. The molecule has 0 bridgehead atoms. The van der Waals surface area contributed by atoms with E-state index in [9.17, 15) is 38.7 Å². The minimum atomic E-state index is -1.63. The zero-order valence-corrected chi connectivity index (χ0v) is 25.5. The van der Waals surface area contributed by atoms with Gasteiger partial charge >= 0.3 is 6.03 Å². The fourth-order valence-electron chi connectivity index (χ4n) is 4.33. The van der Waals surface area contributed by atoms with Crippen LogP contribution >= 0.6 is 0 Å². The van der Waals surface area contributed by atoms with Gasteiger partial charge in [-0.15, -0.1) is 0 Å². The quantitative estimate of drug-likeness (QED) is 0.0963. The van der Waals surface area contributed by atoms with E-state index in [-0.39, 0.29) is 25.3 Å². The van der Waals surface area contributed by atoms with Crippen molar-refractivity contribution in [3.05, 3.63) is 11.9 Å². The highest BCUT2D eigenvalue weighted by Crippen LogP contribution is 2.07. The van der Waals surface area contributed by atoms with Crippen molar-refractivity contribution in [2.45, 2.75) is 61.9 Å². The molecule has 6 atom stereocenters. The average molecular weight is 669 g/mol. The number of aliphatic hydroxyl groups excluding tert-OH is 1. The lowest BCUT2D eigenvalue weighted by Crippen LogP contribution is -2.63. The molecular formula is C25H44N14O8. The molecule has 1 saturated heterocycles. The van der Waals surface area contributed by atoms with E-state index in [4.69, 9.17) is 28.7 Å². The predicted molar refractivity (Wildman–Crippen MR) is 165 cm³/mol. The van der Waals surface area contributed by atoms with Crippen LogP contribution in [0, 0.1) is 0 Å². The molecule has 1 unspecified atom stereocenters. The fourth-order valence-corrected chi connectivity index (χ4v) is 4.33. The normalized spacial score (nSPS) is 26.5. The Balaban J connectivity index is 2.45. The maximum Gasteiger partial charge on any atom is 0.316 e. The molecule has 0 aromatic rings. The monoisotopic (exact) mass is 668 g/mol. The smallest absolute Gasteiger partial charge is 0.316 e. The summed E-state index contributed by atoms with van der Waals surface area (Å²) in [6.07, 6.45) is 1.65. The number of hydrogen-bond donors (Lipinski definition) is 14. The number of amides is 8. The lowest BCUT2D eigenvalue weighted by molar-refractivity contribution is -0.134. The van der Waals surface area contributed by atoms with Crippen molar-refractivity contribution in [1.82, 2.24) is 42.5 Å². The highest BCUT2D eigenvalue weighted by atomic mass is 16.3. The van der Waals surface area contributed by atoms with E-state index in [0.717, 1.165) is 6.20 Å². The maximum absolute atomic E-state index is 13.5. The van der Waals surface area contributed by atoms with E-state index in [1.807, 2.05) is 5.32 Å². The number of hydrogen-bond acceptors (Lipinski definition) is 14. The van der Waals surface area contributed by atoms with E-state index in [2.05, 4.69) is 42.2 Å². The molecular weight excluding hydrogens is 624 g/mol. The lowest BCUT2D eigenvalue weighted by atomic mass is 10.0. The Bertz CT molecular complexity index is 1240. The Morgan fingerprint density at radius 2 is 1.74 bits per heavy atom. The van der Waals surface area contributed by atoms with Crippen LogP contribution in [0.4, 0.5) is 4.79 Å². The first kappa shape index (κ1) is 38.3. The Hall–Kier alpha value is -4.90. The molecule has 0 spiro atoms. The highest BCUT2D eigenvalue weighted by Gasteiger charge is 2.35. The van der Waals surface area contributed by atoms with Gasteiger partial charge in [-0.3, -0.25) is 39.1 Å². The van der Waals surface area contributed by atoms with Crippen molar-refractivity contribution in [2.24, 2.45) is 33.7 Å². The number of nitrogens with one attached hydrogen (secondary N) is 8. The third-order valence-electron chi connectivity index (χ3n) is 6.91. The van der Waals surface area contributed by atoms with Crippen LogP contribution in [-0.2, 0) is 28.8 Å². The molecule has 22 heteroatoms. The van der Waals surface area contributed by atoms with Crippen molar-refractivity contribution in [3.8, 4) is 0 Å². The van der Waals surface area contributed by atoms with Crippen molar-refractivity contribution >= 4 is 47.3 Å². The number of rotatable bonds is 10. The highest BCUT2D eigenvalue weighted by molar-refractivity contribution is 6.02. The van der Waals surface area contributed by atoms with Crippen LogP contribution in [-0.4, -0.2) is 122 Å². The molecule has 0 aliphatic carbocycles. The molecule has 0 aromatic carbocycles. The van der Waals surface area contributed by atoms with Crippen LogP contribution < -0.4 is 71.2 Å². The number of aliphatic hydroxyl groups is 1. The van der Waals surface area contributed by atoms with Gasteiger partial charge in [0.05, 0.1) is 19.1 Å². The van der Waals surface area contributed by atoms with Gasteiger partial charge in [0, 0.05) is 44.2 Å². The van der Waals surface area contributed by atoms with Gasteiger partial charge < -0.3 is 71.0 Å². The Labute approximate surface area is 269 Å². The van der Waals surface area contributed by atoms with Crippen molar-refractivity contribution < 1.29 is 38.7 Å². The molecule has 262 valence electrons.